The average Bonchev–Trinajstić information content (AvgIpc) is 3.08. The molecule has 1 amide bonds. The zero-order valence-electron chi connectivity index (χ0n) is 15.9. The first kappa shape index (κ1) is 17.5. The lowest BCUT2D eigenvalue weighted by Crippen LogP contribution is -2.48. The van der Waals surface area contributed by atoms with Gasteiger partial charge in [-0.05, 0) is 50.5 Å². The molecule has 3 aromatic rings. The van der Waals surface area contributed by atoms with Gasteiger partial charge in [0.1, 0.15) is 11.5 Å². The number of aromatic nitrogens is 4. The van der Waals surface area contributed by atoms with E-state index >= 15 is 0 Å². The van der Waals surface area contributed by atoms with Crippen molar-refractivity contribution >= 4 is 22.8 Å². The molecule has 1 atom stereocenters. The molecule has 3 aromatic heterocycles. The van der Waals surface area contributed by atoms with Gasteiger partial charge < -0.3 is 14.8 Å². The normalized spacial score (nSPS) is 17.3. The van der Waals surface area contributed by atoms with Crippen molar-refractivity contribution in [1.82, 2.24) is 24.8 Å². The quantitative estimate of drug-likeness (QED) is 0.772. The molecule has 1 unspecified atom stereocenters. The van der Waals surface area contributed by atoms with Gasteiger partial charge in [0.05, 0.1) is 6.33 Å². The number of rotatable bonds is 3. The number of hydrogen-bond acceptors (Lipinski definition) is 5. The van der Waals surface area contributed by atoms with Crippen molar-refractivity contribution in [2.75, 3.05) is 18.0 Å². The lowest BCUT2D eigenvalue weighted by Gasteiger charge is -2.34. The molecule has 1 fully saturated rings. The topological polar surface area (TPSA) is 75.9 Å². The molecule has 1 aliphatic heterocycles. The molecule has 0 aliphatic carbocycles. The molecule has 0 aromatic carbocycles. The van der Waals surface area contributed by atoms with Crippen LogP contribution in [0.15, 0.2) is 30.7 Å². The van der Waals surface area contributed by atoms with Crippen LogP contribution in [0, 0.1) is 13.8 Å². The first-order chi connectivity index (χ1) is 13.0. The number of piperidine rings is 1. The van der Waals surface area contributed by atoms with E-state index in [0.29, 0.717) is 5.69 Å². The number of imidazole rings is 1. The summed E-state index contributed by atoms with van der Waals surface area (Å²) in [5, 5.41) is 4.19. The van der Waals surface area contributed by atoms with E-state index in [-0.39, 0.29) is 11.9 Å². The molecular formula is C20H24N6O. The molecule has 1 saturated heterocycles. The lowest BCUT2D eigenvalue weighted by molar-refractivity contribution is 0.0928. The molecule has 140 valence electrons. The van der Waals surface area contributed by atoms with Crippen molar-refractivity contribution in [1.29, 1.82) is 0 Å². The molecule has 0 spiro atoms. The Morgan fingerprint density at radius 1 is 1.26 bits per heavy atom. The zero-order chi connectivity index (χ0) is 19.0. The number of pyridine rings is 2. The minimum Gasteiger partial charge on any atom is -0.354 e. The van der Waals surface area contributed by atoms with Crippen LogP contribution in [0.2, 0.25) is 0 Å². The van der Waals surface area contributed by atoms with Gasteiger partial charge in [-0.15, -0.1) is 0 Å². The summed E-state index contributed by atoms with van der Waals surface area (Å²) in [6, 6.07) is 6.30. The molecule has 4 rings (SSSR count). The van der Waals surface area contributed by atoms with E-state index in [2.05, 4.69) is 45.3 Å². The molecule has 7 nitrogen and oxygen atoms in total. The third-order valence-corrected chi connectivity index (χ3v) is 5.01. The van der Waals surface area contributed by atoms with Crippen LogP contribution in [0.3, 0.4) is 0 Å². The van der Waals surface area contributed by atoms with E-state index < -0.39 is 0 Å². The minimum atomic E-state index is -0.123. The van der Waals surface area contributed by atoms with Crippen molar-refractivity contribution < 1.29 is 4.79 Å². The molecule has 0 radical (unpaired) electrons. The first-order valence-electron chi connectivity index (χ1n) is 9.28. The largest absolute Gasteiger partial charge is 0.354 e. The summed E-state index contributed by atoms with van der Waals surface area (Å²) in [4.78, 5) is 28.1. The minimum absolute atomic E-state index is 0.0814. The van der Waals surface area contributed by atoms with E-state index in [1.165, 1.54) is 5.56 Å². The van der Waals surface area contributed by atoms with Crippen LogP contribution in [0.1, 0.15) is 34.6 Å². The Morgan fingerprint density at radius 3 is 2.89 bits per heavy atom. The summed E-state index contributed by atoms with van der Waals surface area (Å²) in [6.45, 7) is 5.74. The van der Waals surface area contributed by atoms with Crippen LogP contribution in [0.5, 0.6) is 0 Å². The van der Waals surface area contributed by atoms with Crippen LogP contribution < -0.4 is 10.2 Å². The van der Waals surface area contributed by atoms with Crippen molar-refractivity contribution in [3.8, 4) is 0 Å². The van der Waals surface area contributed by atoms with Crippen LogP contribution in [0.25, 0.3) is 11.0 Å². The summed E-state index contributed by atoms with van der Waals surface area (Å²) in [6.07, 6.45) is 5.33. The fourth-order valence-corrected chi connectivity index (χ4v) is 3.69. The van der Waals surface area contributed by atoms with E-state index in [1.807, 2.05) is 14.0 Å². The number of nitrogens with one attached hydrogen (secondary N) is 1. The number of fused-ring (bicyclic) bond motifs is 1. The number of anilines is 1. The summed E-state index contributed by atoms with van der Waals surface area (Å²) in [7, 11) is 1.86. The molecule has 0 bridgehead atoms. The molecule has 1 N–H and O–H groups in total. The number of carbonyl (C=O) groups excluding carboxylic acids is 1. The van der Waals surface area contributed by atoms with Crippen LogP contribution in [-0.2, 0) is 7.05 Å². The van der Waals surface area contributed by atoms with E-state index in [1.54, 1.807) is 17.1 Å². The first-order valence-corrected chi connectivity index (χ1v) is 9.28. The highest BCUT2D eigenvalue weighted by Crippen LogP contribution is 2.23. The number of carbonyl (C=O) groups is 1. The van der Waals surface area contributed by atoms with Gasteiger partial charge >= 0.3 is 0 Å². The van der Waals surface area contributed by atoms with Gasteiger partial charge in [0.15, 0.2) is 5.65 Å². The van der Waals surface area contributed by atoms with Gasteiger partial charge in [-0.2, -0.15) is 0 Å². The second kappa shape index (κ2) is 6.98. The number of nitrogens with zero attached hydrogens (tertiary/aromatic N) is 5. The fraction of sp³-hybridized carbons (Fsp3) is 0.400. The molecule has 7 heteroatoms. The van der Waals surface area contributed by atoms with E-state index in [9.17, 15) is 4.79 Å². The number of amides is 1. The van der Waals surface area contributed by atoms with Crippen molar-refractivity contribution in [2.24, 2.45) is 7.05 Å². The van der Waals surface area contributed by atoms with Crippen molar-refractivity contribution in [3.63, 3.8) is 0 Å². The third kappa shape index (κ3) is 3.63. The van der Waals surface area contributed by atoms with Gasteiger partial charge in [-0.3, -0.25) is 4.79 Å². The summed E-state index contributed by atoms with van der Waals surface area (Å²) < 4.78 is 1.78. The third-order valence-electron chi connectivity index (χ3n) is 5.01. The second-order valence-corrected chi connectivity index (χ2v) is 7.30. The Kier molecular flexibility index (Phi) is 4.51. The van der Waals surface area contributed by atoms with Gasteiger partial charge in [0.25, 0.3) is 5.91 Å². The number of aryl methyl sites for hydroxylation is 3. The summed E-state index contributed by atoms with van der Waals surface area (Å²) in [5.41, 5.74) is 3.40. The maximum atomic E-state index is 12.4. The Balaban J connectivity index is 1.51. The SMILES string of the molecule is Cc1cc(C)c2ccc(N3CCCC(NC(=O)c4cn(C)cn4)C3)nc2n1. The van der Waals surface area contributed by atoms with Crippen molar-refractivity contribution in [3.05, 3.63) is 47.7 Å². The Labute approximate surface area is 158 Å². The molecule has 1 aliphatic rings. The fourth-order valence-electron chi connectivity index (χ4n) is 3.69. The predicted molar refractivity (Wildman–Crippen MR) is 105 cm³/mol. The molecule has 27 heavy (non-hydrogen) atoms. The molecule has 4 heterocycles. The Morgan fingerprint density at radius 2 is 2.11 bits per heavy atom. The number of hydrogen-bond donors (Lipinski definition) is 1. The highest BCUT2D eigenvalue weighted by atomic mass is 16.2. The summed E-state index contributed by atoms with van der Waals surface area (Å²) >= 11 is 0. The zero-order valence-corrected chi connectivity index (χ0v) is 15.9. The summed E-state index contributed by atoms with van der Waals surface area (Å²) in [5.74, 6) is 0.790. The smallest absolute Gasteiger partial charge is 0.271 e. The van der Waals surface area contributed by atoms with E-state index in [4.69, 9.17) is 4.98 Å². The van der Waals surface area contributed by atoms with Crippen molar-refractivity contribution in [2.45, 2.75) is 32.7 Å². The maximum Gasteiger partial charge on any atom is 0.271 e. The Bertz CT molecular complexity index is 995. The molecular weight excluding hydrogens is 340 g/mol. The lowest BCUT2D eigenvalue weighted by atomic mass is 10.1. The predicted octanol–water partition coefficient (Wildman–Crippen LogP) is 2.38. The van der Waals surface area contributed by atoms with Gasteiger partial charge in [-0.1, -0.05) is 0 Å². The van der Waals surface area contributed by atoms with Crippen LogP contribution >= 0.6 is 0 Å². The van der Waals surface area contributed by atoms with Crippen LogP contribution in [0.4, 0.5) is 5.82 Å². The maximum absolute atomic E-state index is 12.4. The monoisotopic (exact) mass is 364 g/mol. The van der Waals surface area contributed by atoms with Gasteiger partial charge in [0.2, 0.25) is 0 Å². The Hall–Kier alpha value is -2.96. The van der Waals surface area contributed by atoms with E-state index in [0.717, 1.165) is 48.5 Å². The molecule has 0 saturated carbocycles. The van der Waals surface area contributed by atoms with Gasteiger partial charge in [-0.25, -0.2) is 15.0 Å². The highest BCUT2D eigenvalue weighted by molar-refractivity contribution is 5.92. The second-order valence-electron chi connectivity index (χ2n) is 7.30. The highest BCUT2D eigenvalue weighted by Gasteiger charge is 2.23. The van der Waals surface area contributed by atoms with Crippen LogP contribution in [-0.4, -0.2) is 44.6 Å². The van der Waals surface area contributed by atoms with Gasteiger partial charge in [0, 0.05) is 43.5 Å². The standard InChI is InChI=1S/C20H24N6O/c1-13-9-14(2)22-19-16(13)6-7-18(24-19)26-8-4-5-15(10-26)23-20(27)17-11-25(3)12-21-17/h6-7,9,11-12,15H,4-5,8,10H2,1-3H3,(H,23,27). The average molecular weight is 364 g/mol.